The van der Waals surface area contributed by atoms with Crippen molar-refractivity contribution in [3.05, 3.63) is 47.5 Å². The van der Waals surface area contributed by atoms with Gasteiger partial charge < -0.3 is 4.74 Å². The van der Waals surface area contributed by atoms with Crippen LogP contribution in [-0.4, -0.2) is 19.0 Å². The Morgan fingerprint density at radius 1 is 1.09 bits per heavy atom. The Bertz CT molecular complexity index is 512. The maximum atomic E-state index is 12.5. The van der Waals surface area contributed by atoms with Gasteiger partial charge in [-0.25, -0.2) is 0 Å². The first-order chi connectivity index (χ1) is 11.2. The van der Waals surface area contributed by atoms with Crippen molar-refractivity contribution in [2.45, 2.75) is 46.5 Å². The van der Waals surface area contributed by atoms with Crippen molar-refractivity contribution in [2.24, 2.45) is 17.8 Å². The van der Waals surface area contributed by atoms with Crippen molar-refractivity contribution in [1.82, 2.24) is 0 Å². The summed E-state index contributed by atoms with van der Waals surface area (Å²) in [6.07, 6.45) is 6.34. The normalized spacial score (nSPS) is 25.3. The Morgan fingerprint density at radius 2 is 1.74 bits per heavy atom. The van der Waals surface area contributed by atoms with E-state index in [2.05, 4.69) is 36.4 Å². The fourth-order valence-electron chi connectivity index (χ4n) is 3.81. The highest BCUT2D eigenvalue weighted by Crippen LogP contribution is 2.36. The summed E-state index contributed by atoms with van der Waals surface area (Å²) in [6.45, 7) is 7.63. The van der Waals surface area contributed by atoms with Gasteiger partial charge in [0.1, 0.15) is 0 Å². The zero-order valence-electron chi connectivity index (χ0n) is 14.8. The van der Waals surface area contributed by atoms with Gasteiger partial charge in [0, 0.05) is 19.1 Å². The maximum Gasteiger partial charge on any atom is 0.161 e. The standard InChI is InChI=1S/C19H24O2.C2H6/c1-14-11-16(12-15-5-3-2-4-6-15)13-18(19(14)20)17-7-9-21-10-8-17;1-2/h2-6,11,16-18H,7-10,12-13H2,1H3;1-2H3/t16-,18?;/m0./s1. The van der Waals surface area contributed by atoms with E-state index in [1.165, 1.54) is 5.56 Å². The van der Waals surface area contributed by atoms with Crippen LogP contribution in [0.4, 0.5) is 0 Å². The summed E-state index contributed by atoms with van der Waals surface area (Å²) in [7, 11) is 0. The quantitative estimate of drug-likeness (QED) is 0.798. The van der Waals surface area contributed by atoms with Crippen LogP contribution in [0.2, 0.25) is 0 Å². The largest absolute Gasteiger partial charge is 0.381 e. The van der Waals surface area contributed by atoms with Gasteiger partial charge in [0.05, 0.1) is 0 Å². The zero-order chi connectivity index (χ0) is 16.7. The number of benzene rings is 1. The molecule has 0 N–H and O–H groups in total. The van der Waals surface area contributed by atoms with Gasteiger partial charge >= 0.3 is 0 Å². The van der Waals surface area contributed by atoms with Crippen LogP contribution in [0.5, 0.6) is 0 Å². The fourth-order valence-corrected chi connectivity index (χ4v) is 3.81. The fraction of sp³-hybridized carbons (Fsp3) is 0.571. The molecule has 1 heterocycles. The van der Waals surface area contributed by atoms with Crippen molar-refractivity contribution in [2.75, 3.05) is 13.2 Å². The Hall–Kier alpha value is -1.41. The Morgan fingerprint density at radius 3 is 2.39 bits per heavy atom. The van der Waals surface area contributed by atoms with E-state index in [9.17, 15) is 4.79 Å². The molecule has 1 aromatic rings. The molecule has 126 valence electrons. The summed E-state index contributed by atoms with van der Waals surface area (Å²) >= 11 is 0. The summed E-state index contributed by atoms with van der Waals surface area (Å²) < 4.78 is 5.45. The maximum absolute atomic E-state index is 12.5. The first-order valence-corrected chi connectivity index (χ1v) is 9.08. The van der Waals surface area contributed by atoms with E-state index in [1.807, 2.05) is 20.8 Å². The highest BCUT2D eigenvalue weighted by Gasteiger charge is 2.34. The van der Waals surface area contributed by atoms with Gasteiger partial charge in [0.25, 0.3) is 0 Å². The molecule has 2 aliphatic rings. The molecule has 0 saturated carbocycles. The summed E-state index contributed by atoms with van der Waals surface area (Å²) in [5.74, 6) is 1.62. The lowest BCUT2D eigenvalue weighted by atomic mass is 9.71. The summed E-state index contributed by atoms with van der Waals surface area (Å²) in [6, 6.07) is 10.6. The highest BCUT2D eigenvalue weighted by atomic mass is 16.5. The Balaban J connectivity index is 0.000000924. The molecular formula is C21H30O2. The van der Waals surface area contributed by atoms with E-state index >= 15 is 0 Å². The van der Waals surface area contributed by atoms with E-state index < -0.39 is 0 Å². The average Bonchev–Trinajstić information content (AvgIpc) is 2.61. The van der Waals surface area contributed by atoms with Crippen LogP contribution in [0.3, 0.4) is 0 Å². The molecule has 0 amide bonds. The van der Waals surface area contributed by atoms with Gasteiger partial charge in [0.15, 0.2) is 5.78 Å². The first-order valence-electron chi connectivity index (χ1n) is 9.08. The summed E-state index contributed by atoms with van der Waals surface area (Å²) in [5, 5.41) is 0. The van der Waals surface area contributed by atoms with Crippen LogP contribution in [0.25, 0.3) is 0 Å². The second kappa shape index (κ2) is 9.02. The minimum absolute atomic E-state index is 0.215. The lowest BCUT2D eigenvalue weighted by Gasteiger charge is -2.34. The minimum atomic E-state index is 0.215. The van der Waals surface area contributed by atoms with Crippen LogP contribution in [-0.2, 0) is 16.0 Å². The third-order valence-electron chi connectivity index (χ3n) is 4.94. The van der Waals surface area contributed by atoms with Crippen LogP contribution in [0, 0.1) is 17.8 Å². The van der Waals surface area contributed by atoms with Crippen molar-refractivity contribution < 1.29 is 9.53 Å². The van der Waals surface area contributed by atoms with Crippen molar-refractivity contribution in [3.63, 3.8) is 0 Å². The number of carbonyl (C=O) groups excluding carboxylic acids is 1. The molecule has 1 unspecified atom stereocenters. The number of ketones is 1. The van der Waals surface area contributed by atoms with Crippen LogP contribution < -0.4 is 0 Å². The molecule has 0 radical (unpaired) electrons. The number of hydrogen-bond donors (Lipinski definition) is 0. The summed E-state index contributed by atoms with van der Waals surface area (Å²) in [4.78, 5) is 12.5. The molecule has 0 bridgehead atoms. The smallest absolute Gasteiger partial charge is 0.161 e. The van der Waals surface area contributed by atoms with E-state index in [4.69, 9.17) is 4.74 Å². The molecule has 23 heavy (non-hydrogen) atoms. The Labute approximate surface area is 140 Å². The molecule has 2 nitrogen and oxygen atoms in total. The zero-order valence-corrected chi connectivity index (χ0v) is 14.8. The lowest BCUT2D eigenvalue weighted by molar-refractivity contribution is -0.123. The predicted molar refractivity (Wildman–Crippen MR) is 95.4 cm³/mol. The molecule has 0 spiro atoms. The summed E-state index contributed by atoms with van der Waals surface area (Å²) in [5.41, 5.74) is 2.34. The molecule has 1 aliphatic heterocycles. The molecule has 2 atom stereocenters. The van der Waals surface area contributed by atoms with E-state index in [1.54, 1.807) is 0 Å². The van der Waals surface area contributed by atoms with E-state index in [0.717, 1.165) is 44.5 Å². The third-order valence-corrected chi connectivity index (χ3v) is 4.94. The number of carbonyl (C=O) groups is 1. The molecule has 1 saturated heterocycles. The SMILES string of the molecule is CC.CC1=C[C@@H](Cc2ccccc2)CC(C2CCOCC2)C1=O. The highest BCUT2D eigenvalue weighted by molar-refractivity contribution is 5.97. The molecule has 3 rings (SSSR count). The molecule has 2 heteroatoms. The van der Waals surface area contributed by atoms with Crippen molar-refractivity contribution >= 4 is 5.78 Å². The average molecular weight is 314 g/mol. The second-order valence-corrected chi connectivity index (χ2v) is 6.46. The van der Waals surface area contributed by atoms with Crippen LogP contribution in [0.15, 0.2) is 42.0 Å². The third kappa shape index (κ3) is 4.78. The number of allylic oxidation sites excluding steroid dienone is 2. The molecule has 1 fully saturated rings. The van der Waals surface area contributed by atoms with Gasteiger partial charge in [0.2, 0.25) is 0 Å². The second-order valence-electron chi connectivity index (χ2n) is 6.46. The van der Waals surface area contributed by atoms with E-state index in [-0.39, 0.29) is 5.92 Å². The number of ether oxygens (including phenoxy) is 1. The van der Waals surface area contributed by atoms with Gasteiger partial charge in [-0.3, -0.25) is 4.79 Å². The number of Topliss-reactive ketones (excluding diaryl/α,β-unsaturated/α-hetero) is 1. The molecule has 1 aliphatic carbocycles. The van der Waals surface area contributed by atoms with E-state index in [0.29, 0.717) is 17.6 Å². The monoisotopic (exact) mass is 314 g/mol. The predicted octanol–water partition coefficient (Wildman–Crippen LogP) is 4.83. The van der Waals surface area contributed by atoms with Gasteiger partial charge in [-0.15, -0.1) is 0 Å². The number of hydrogen-bond acceptors (Lipinski definition) is 2. The lowest BCUT2D eigenvalue weighted by Crippen LogP contribution is -2.34. The topological polar surface area (TPSA) is 26.3 Å². The molecular weight excluding hydrogens is 284 g/mol. The van der Waals surface area contributed by atoms with Crippen molar-refractivity contribution in [1.29, 1.82) is 0 Å². The van der Waals surface area contributed by atoms with Crippen molar-refractivity contribution in [3.8, 4) is 0 Å². The molecule has 0 aromatic heterocycles. The Kier molecular flexibility index (Phi) is 7.04. The van der Waals surface area contributed by atoms with Crippen LogP contribution >= 0.6 is 0 Å². The number of rotatable bonds is 3. The first kappa shape index (κ1) is 17.9. The van der Waals surface area contributed by atoms with Crippen LogP contribution in [0.1, 0.15) is 45.6 Å². The molecule has 1 aromatic carbocycles. The minimum Gasteiger partial charge on any atom is -0.381 e. The van der Waals surface area contributed by atoms with Gasteiger partial charge in [-0.2, -0.15) is 0 Å². The van der Waals surface area contributed by atoms with Gasteiger partial charge in [-0.05, 0) is 55.6 Å². The van der Waals surface area contributed by atoms with Gasteiger partial charge in [-0.1, -0.05) is 50.3 Å².